The zero-order chi connectivity index (χ0) is 21.8. The van der Waals surface area contributed by atoms with Crippen molar-refractivity contribution in [2.75, 3.05) is 13.1 Å². The molecule has 2 amide bonds. The summed E-state index contributed by atoms with van der Waals surface area (Å²) in [5.74, 6) is 0.280. The van der Waals surface area contributed by atoms with E-state index in [4.69, 9.17) is 0 Å². The normalized spacial score (nSPS) is 11.4. The number of hydrogen-bond donors (Lipinski definition) is 2. The lowest BCUT2D eigenvalue weighted by atomic mass is 9.93. The Morgan fingerprint density at radius 1 is 0.552 bits per heavy atom. The summed E-state index contributed by atoms with van der Waals surface area (Å²) in [6.45, 7) is 9.87. The standard InChI is InChI=1S/C25H50N2O2/c1-5-7-9-11-13-15-17-19-23(28)26-21-25(3,4)22-27-24(29)20-18-16-14-12-10-8-6-2/h5-22H2,1-4H3,(H,26,28)(H,27,29). The quantitative estimate of drug-likeness (QED) is 0.224. The number of nitrogens with one attached hydrogen (secondary N) is 2. The minimum Gasteiger partial charge on any atom is -0.356 e. The third kappa shape index (κ3) is 20.0. The predicted molar refractivity (Wildman–Crippen MR) is 125 cm³/mol. The molecule has 0 saturated carbocycles. The largest absolute Gasteiger partial charge is 0.356 e. The van der Waals surface area contributed by atoms with Gasteiger partial charge >= 0.3 is 0 Å². The van der Waals surface area contributed by atoms with Gasteiger partial charge in [-0.2, -0.15) is 0 Å². The van der Waals surface area contributed by atoms with Crippen molar-refractivity contribution in [1.82, 2.24) is 10.6 Å². The van der Waals surface area contributed by atoms with E-state index >= 15 is 0 Å². The Morgan fingerprint density at radius 3 is 1.21 bits per heavy atom. The van der Waals surface area contributed by atoms with E-state index in [1.807, 2.05) is 0 Å². The average molecular weight is 411 g/mol. The van der Waals surface area contributed by atoms with E-state index in [-0.39, 0.29) is 17.2 Å². The van der Waals surface area contributed by atoms with Crippen molar-refractivity contribution < 1.29 is 9.59 Å². The molecule has 0 aliphatic heterocycles. The summed E-state index contributed by atoms with van der Waals surface area (Å²) in [7, 11) is 0. The van der Waals surface area contributed by atoms with Crippen molar-refractivity contribution in [2.24, 2.45) is 5.41 Å². The molecule has 2 N–H and O–H groups in total. The molecule has 0 rings (SSSR count). The van der Waals surface area contributed by atoms with Crippen LogP contribution in [0.4, 0.5) is 0 Å². The third-order valence-electron chi connectivity index (χ3n) is 5.54. The van der Waals surface area contributed by atoms with Crippen LogP contribution in [-0.4, -0.2) is 24.9 Å². The molecule has 0 aliphatic carbocycles. The highest BCUT2D eigenvalue weighted by molar-refractivity contribution is 5.76. The molecule has 172 valence electrons. The molecule has 0 aromatic heterocycles. The van der Waals surface area contributed by atoms with Crippen molar-refractivity contribution in [2.45, 2.75) is 130 Å². The van der Waals surface area contributed by atoms with Gasteiger partial charge in [-0.25, -0.2) is 0 Å². The fourth-order valence-corrected chi connectivity index (χ4v) is 3.40. The molecule has 0 aromatic rings. The number of carbonyl (C=O) groups excluding carboxylic acids is 2. The Morgan fingerprint density at radius 2 is 0.862 bits per heavy atom. The molecule has 0 saturated heterocycles. The van der Waals surface area contributed by atoms with Crippen molar-refractivity contribution >= 4 is 11.8 Å². The highest BCUT2D eigenvalue weighted by atomic mass is 16.2. The highest BCUT2D eigenvalue weighted by Crippen LogP contribution is 2.13. The Balaban J connectivity index is 3.67. The minimum absolute atomic E-state index is 0.119. The molecule has 29 heavy (non-hydrogen) atoms. The maximum Gasteiger partial charge on any atom is 0.220 e. The number of carbonyl (C=O) groups is 2. The van der Waals surface area contributed by atoms with E-state index < -0.39 is 0 Å². The average Bonchev–Trinajstić information content (AvgIpc) is 2.69. The van der Waals surface area contributed by atoms with Gasteiger partial charge in [0.15, 0.2) is 0 Å². The van der Waals surface area contributed by atoms with Gasteiger partial charge in [-0.3, -0.25) is 9.59 Å². The van der Waals surface area contributed by atoms with E-state index in [2.05, 4.69) is 38.3 Å². The highest BCUT2D eigenvalue weighted by Gasteiger charge is 2.19. The van der Waals surface area contributed by atoms with Crippen LogP contribution in [0.1, 0.15) is 130 Å². The van der Waals surface area contributed by atoms with Gasteiger partial charge in [-0.1, -0.05) is 105 Å². The van der Waals surface area contributed by atoms with E-state index in [9.17, 15) is 9.59 Å². The van der Waals surface area contributed by atoms with Gasteiger partial charge < -0.3 is 10.6 Å². The first-order valence-corrected chi connectivity index (χ1v) is 12.4. The van der Waals surface area contributed by atoms with Gasteiger partial charge in [-0.05, 0) is 18.3 Å². The minimum atomic E-state index is -0.119. The van der Waals surface area contributed by atoms with Crippen LogP contribution in [0, 0.1) is 5.41 Å². The Labute approximate surface area is 181 Å². The van der Waals surface area contributed by atoms with Crippen LogP contribution in [0.25, 0.3) is 0 Å². The van der Waals surface area contributed by atoms with Gasteiger partial charge in [0.05, 0.1) is 0 Å². The summed E-state index contributed by atoms with van der Waals surface area (Å²) in [6, 6.07) is 0. The molecule has 0 atom stereocenters. The topological polar surface area (TPSA) is 58.2 Å². The molecule has 4 heteroatoms. The molecular weight excluding hydrogens is 360 g/mol. The lowest BCUT2D eigenvalue weighted by molar-refractivity contribution is -0.121. The maximum atomic E-state index is 12.0. The second-order valence-corrected chi connectivity index (χ2v) is 9.46. The van der Waals surface area contributed by atoms with Crippen LogP contribution in [0.2, 0.25) is 0 Å². The van der Waals surface area contributed by atoms with Crippen molar-refractivity contribution in [3.63, 3.8) is 0 Å². The third-order valence-corrected chi connectivity index (χ3v) is 5.54. The first kappa shape index (κ1) is 27.9. The zero-order valence-electron chi connectivity index (χ0n) is 20.0. The molecule has 0 aliphatic rings. The molecule has 0 fully saturated rings. The summed E-state index contributed by atoms with van der Waals surface area (Å²) in [5, 5.41) is 6.09. The van der Waals surface area contributed by atoms with E-state index in [1.54, 1.807) is 0 Å². The maximum absolute atomic E-state index is 12.0. The summed E-state index contributed by atoms with van der Waals surface area (Å²) in [6.07, 6.45) is 18.4. The molecule has 0 radical (unpaired) electrons. The van der Waals surface area contributed by atoms with Gasteiger partial charge in [0.2, 0.25) is 11.8 Å². The van der Waals surface area contributed by atoms with E-state index in [1.165, 1.54) is 64.2 Å². The van der Waals surface area contributed by atoms with Crippen LogP contribution in [0.3, 0.4) is 0 Å². The second kappa shape index (κ2) is 18.9. The molecule has 4 nitrogen and oxygen atoms in total. The Kier molecular flexibility index (Phi) is 18.2. The Bertz CT molecular complexity index is 372. The molecule has 0 unspecified atom stereocenters. The van der Waals surface area contributed by atoms with Crippen LogP contribution < -0.4 is 10.6 Å². The van der Waals surface area contributed by atoms with Crippen molar-refractivity contribution in [1.29, 1.82) is 0 Å². The number of amides is 2. The van der Waals surface area contributed by atoms with E-state index in [0.717, 1.165) is 25.7 Å². The first-order chi connectivity index (χ1) is 13.9. The van der Waals surface area contributed by atoms with Gasteiger partial charge in [0.25, 0.3) is 0 Å². The van der Waals surface area contributed by atoms with Crippen LogP contribution in [0.5, 0.6) is 0 Å². The lowest BCUT2D eigenvalue weighted by Gasteiger charge is -2.25. The van der Waals surface area contributed by atoms with Crippen molar-refractivity contribution in [3.8, 4) is 0 Å². The molecule has 0 aromatic carbocycles. The summed E-state index contributed by atoms with van der Waals surface area (Å²) >= 11 is 0. The van der Waals surface area contributed by atoms with Gasteiger partial charge in [-0.15, -0.1) is 0 Å². The lowest BCUT2D eigenvalue weighted by Crippen LogP contribution is -2.42. The Hall–Kier alpha value is -1.06. The second-order valence-electron chi connectivity index (χ2n) is 9.46. The van der Waals surface area contributed by atoms with E-state index in [0.29, 0.717) is 25.9 Å². The van der Waals surface area contributed by atoms with Crippen LogP contribution >= 0.6 is 0 Å². The monoisotopic (exact) mass is 410 g/mol. The summed E-state index contributed by atoms with van der Waals surface area (Å²) < 4.78 is 0. The number of unbranched alkanes of at least 4 members (excludes halogenated alkanes) is 12. The van der Waals surface area contributed by atoms with Gasteiger partial charge in [0, 0.05) is 25.9 Å². The number of hydrogen-bond acceptors (Lipinski definition) is 2. The van der Waals surface area contributed by atoms with Crippen LogP contribution in [-0.2, 0) is 9.59 Å². The van der Waals surface area contributed by atoms with Gasteiger partial charge in [0.1, 0.15) is 0 Å². The molecule has 0 heterocycles. The zero-order valence-corrected chi connectivity index (χ0v) is 20.0. The fraction of sp³-hybridized carbons (Fsp3) is 0.920. The first-order valence-electron chi connectivity index (χ1n) is 12.4. The SMILES string of the molecule is CCCCCCCCCC(=O)NCC(C)(C)CNC(=O)CCCCCCCCC. The number of rotatable bonds is 20. The fourth-order valence-electron chi connectivity index (χ4n) is 3.40. The predicted octanol–water partition coefficient (Wildman–Crippen LogP) is 6.53. The molecule has 0 bridgehead atoms. The summed E-state index contributed by atoms with van der Waals surface area (Å²) in [4.78, 5) is 24.1. The van der Waals surface area contributed by atoms with Crippen LogP contribution in [0.15, 0.2) is 0 Å². The molecule has 0 spiro atoms. The smallest absolute Gasteiger partial charge is 0.220 e. The molecular formula is C25H50N2O2. The van der Waals surface area contributed by atoms with Crippen molar-refractivity contribution in [3.05, 3.63) is 0 Å². The summed E-state index contributed by atoms with van der Waals surface area (Å²) in [5.41, 5.74) is -0.119.